The molecule has 4 aromatic rings. The number of benzene rings is 3. The van der Waals surface area contributed by atoms with Crippen molar-refractivity contribution in [2.45, 2.75) is 39.3 Å². The Morgan fingerprint density at radius 3 is 2.33 bits per heavy atom. The van der Waals surface area contributed by atoms with Crippen LogP contribution in [0.1, 0.15) is 30.0 Å². The van der Waals surface area contributed by atoms with Crippen LogP contribution in [0, 0.1) is 0 Å². The van der Waals surface area contributed by atoms with Crippen molar-refractivity contribution < 1.29 is 23.8 Å². The Kier molecular flexibility index (Phi) is 11.4. The number of nitrogens with one attached hydrogen (secondary N) is 3. The number of ether oxygens (including phenoxy) is 3. The summed E-state index contributed by atoms with van der Waals surface area (Å²) in [7, 11) is 4.62. The maximum atomic E-state index is 12.2. The summed E-state index contributed by atoms with van der Waals surface area (Å²) in [6.45, 7) is 6.23. The molecule has 2 amide bonds. The first kappa shape index (κ1) is 35.3. The number of methoxy groups -OCH3 is 3. The quantitative estimate of drug-likeness (QED) is 0.130. The fraction of sp³-hybridized carbons (Fsp3) is 0.257. The van der Waals surface area contributed by atoms with E-state index in [0.717, 1.165) is 22.4 Å². The summed E-state index contributed by atoms with van der Waals surface area (Å²) >= 11 is 13.8. The smallest absolute Gasteiger partial charge is 0.243 e. The summed E-state index contributed by atoms with van der Waals surface area (Å²) in [5, 5.41) is 9.55. The third-order valence-corrected chi connectivity index (χ3v) is 8.49. The lowest BCUT2D eigenvalue weighted by Gasteiger charge is -2.45. The van der Waals surface area contributed by atoms with Gasteiger partial charge in [0.05, 0.1) is 26.5 Å². The van der Waals surface area contributed by atoms with Crippen molar-refractivity contribution in [1.82, 2.24) is 15.3 Å². The minimum atomic E-state index is -0.757. The van der Waals surface area contributed by atoms with Crippen LogP contribution in [0.2, 0.25) is 10.0 Å². The van der Waals surface area contributed by atoms with Crippen molar-refractivity contribution in [3.8, 4) is 11.5 Å². The zero-order valence-corrected chi connectivity index (χ0v) is 29.1. The molecular weight excluding hydrogens is 669 g/mol. The van der Waals surface area contributed by atoms with E-state index < -0.39 is 6.35 Å². The van der Waals surface area contributed by atoms with E-state index in [9.17, 15) is 9.59 Å². The van der Waals surface area contributed by atoms with Gasteiger partial charge in [0, 0.05) is 55.8 Å². The van der Waals surface area contributed by atoms with Crippen LogP contribution < -0.4 is 35.2 Å². The first-order valence-corrected chi connectivity index (χ1v) is 16.1. The zero-order chi connectivity index (χ0) is 35.1. The summed E-state index contributed by atoms with van der Waals surface area (Å²) in [5.41, 5.74) is 4.39. The maximum absolute atomic E-state index is 12.2. The fourth-order valence-corrected chi connectivity index (χ4v) is 6.14. The number of hydrogen-bond acceptors (Lipinski definition) is 10. The molecule has 0 saturated heterocycles. The number of nitrogens with zero attached hydrogens (tertiary/aromatic N) is 4. The van der Waals surface area contributed by atoms with Crippen LogP contribution in [0.15, 0.2) is 73.4 Å². The monoisotopic (exact) mass is 705 g/mol. The lowest BCUT2D eigenvalue weighted by atomic mass is 10.1. The molecular formula is C35H37Cl2N7O5. The molecule has 14 heteroatoms. The van der Waals surface area contributed by atoms with Crippen LogP contribution in [0.3, 0.4) is 0 Å². The second kappa shape index (κ2) is 15.9. The van der Waals surface area contributed by atoms with E-state index in [2.05, 4.69) is 27.5 Å². The molecule has 0 spiro atoms. The summed E-state index contributed by atoms with van der Waals surface area (Å²) in [4.78, 5) is 37.3. The lowest BCUT2D eigenvalue weighted by Crippen LogP contribution is -2.53. The number of hydrogen-bond donors (Lipinski definition) is 3. The number of rotatable bonds is 13. The molecule has 1 aliphatic rings. The van der Waals surface area contributed by atoms with Crippen molar-refractivity contribution in [3.63, 3.8) is 0 Å². The van der Waals surface area contributed by atoms with Crippen LogP contribution in [-0.2, 0) is 34.0 Å². The van der Waals surface area contributed by atoms with E-state index in [0.29, 0.717) is 54.2 Å². The summed E-state index contributed by atoms with van der Waals surface area (Å²) < 4.78 is 17.3. The van der Waals surface area contributed by atoms with Crippen molar-refractivity contribution >= 4 is 63.8 Å². The zero-order valence-electron chi connectivity index (χ0n) is 27.5. The Hall–Kier alpha value is -5.04. The molecule has 3 aromatic carbocycles. The van der Waals surface area contributed by atoms with E-state index >= 15 is 0 Å². The number of fused-ring (bicyclic) bond motifs is 1. The van der Waals surface area contributed by atoms with Gasteiger partial charge in [-0.15, -0.1) is 0 Å². The van der Waals surface area contributed by atoms with Gasteiger partial charge in [-0.3, -0.25) is 9.59 Å². The second-order valence-corrected chi connectivity index (χ2v) is 11.7. The third-order valence-electron chi connectivity index (χ3n) is 7.76. The molecule has 1 unspecified atom stereocenters. The van der Waals surface area contributed by atoms with Gasteiger partial charge in [-0.05, 0) is 41.5 Å². The van der Waals surface area contributed by atoms with Gasteiger partial charge in [0.15, 0.2) is 0 Å². The van der Waals surface area contributed by atoms with Crippen LogP contribution in [-0.4, -0.2) is 49.5 Å². The van der Waals surface area contributed by atoms with Crippen LogP contribution >= 0.6 is 23.2 Å². The predicted octanol–water partition coefficient (Wildman–Crippen LogP) is 6.65. The third kappa shape index (κ3) is 7.99. The second-order valence-electron chi connectivity index (χ2n) is 11.0. The Balaban J connectivity index is 1.57. The highest BCUT2D eigenvalue weighted by atomic mass is 35.5. The molecule has 5 rings (SSSR count). The largest absolute Gasteiger partial charge is 0.495 e. The van der Waals surface area contributed by atoms with Crippen molar-refractivity contribution in [3.05, 3.63) is 100 Å². The highest BCUT2D eigenvalue weighted by Crippen LogP contribution is 2.49. The summed E-state index contributed by atoms with van der Waals surface area (Å²) in [5.74, 6) is 1.38. The van der Waals surface area contributed by atoms with E-state index in [1.165, 1.54) is 20.3 Å². The minimum absolute atomic E-state index is 0.0896. The van der Waals surface area contributed by atoms with Gasteiger partial charge in [0.2, 0.25) is 24.1 Å². The van der Waals surface area contributed by atoms with E-state index in [-0.39, 0.29) is 28.4 Å². The Bertz CT molecular complexity index is 1830. The molecule has 1 aliphatic heterocycles. The SMILES string of the molecule is C=CC(=O)NCc1cccc(Nc2ncc3c(n2)N(Cc2cccc(NC(=O)CC)c2)C(OC)N(c2c(Cl)c(OC)cc(OC)c2Cl)C3)c1. The van der Waals surface area contributed by atoms with Crippen LogP contribution in [0.4, 0.5) is 28.8 Å². The molecule has 2 heterocycles. The van der Waals surface area contributed by atoms with Crippen LogP contribution in [0.5, 0.6) is 11.5 Å². The lowest BCUT2D eigenvalue weighted by molar-refractivity contribution is -0.117. The first-order valence-electron chi connectivity index (χ1n) is 15.4. The van der Waals surface area contributed by atoms with Gasteiger partial charge in [-0.1, -0.05) is 61.0 Å². The molecule has 0 radical (unpaired) electrons. The first-order chi connectivity index (χ1) is 23.7. The number of aromatic nitrogens is 2. The van der Waals surface area contributed by atoms with Gasteiger partial charge < -0.3 is 40.0 Å². The molecule has 0 saturated carbocycles. The topological polar surface area (TPSA) is 130 Å². The van der Waals surface area contributed by atoms with E-state index in [1.54, 1.807) is 26.3 Å². The van der Waals surface area contributed by atoms with Gasteiger partial charge in [0.25, 0.3) is 0 Å². The molecule has 12 nitrogen and oxygen atoms in total. The Morgan fingerprint density at radius 2 is 1.67 bits per heavy atom. The Morgan fingerprint density at radius 1 is 1.00 bits per heavy atom. The standard InChI is InChI=1S/C35H37Cl2N7O5/c1-6-28(45)38-17-21-10-8-13-25(14-21)41-34-39-18-23-20-43(32-30(36)26(47-3)16-27(48-4)31(32)37)35(49-5)44(33(23)42-34)19-22-11-9-12-24(15-22)40-29(46)7-2/h6,8-16,18,35H,1,7,17,19-20H2,2-5H3,(H,38,45)(H,40,46)(H,39,41,42). The number of carbonyl (C=O) groups is 2. The molecule has 0 aliphatic carbocycles. The normalized spacial score (nSPS) is 13.7. The molecule has 256 valence electrons. The van der Waals surface area contributed by atoms with Gasteiger partial charge in [0.1, 0.15) is 27.4 Å². The average molecular weight is 707 g/mol. The summed E-state index contributed by atoms with van der Waals surface area (Å²) in [6.07, 6.45) is 2.57. The molecule has 1 aromatic heterocycles. The molecule has 0 fully saturated rings. The minimum Gasteiger partial charge on any atom is -0.495 e. The van der Waals surface area contributed by atoms with Crippen molar-refractivity contribution in [1.29, 1.82) is 0 Å². The summed E-state index contributed by atoms with van der Waals surface area (Å²) in [6, 6.07) is 16.8. The van der Waals surface area contributed by atoms with Crippen molar-refractivity contribution in [2.24, 2.45) is 0 Å². The van der Waals surface area contributed by atoms with Gasteiger partial charge >= 0.3 is 0 Å². The fourth-order valence-electron chi connectivity index (χ4n) is 5.42. The highest BCUT2D eigenvalue weighted by Gasteiger charge is 2.38. The average Bonchev–Trinajstić information content (AvgIpc) is 3.11. The van der Waals surface area contributed by atoms with Crippen molar-refractivity contribution in [2.75, 3.05) is 41.8 Å². The number of anilines is 5. The molecule has 1 atom stereocenters. The molecule has 3 N–H and O–H groups in total. The Labute approximate surface area is 295 Å². The predicted molar refractivity (Wildman–Crippen MR) is 192 cm³/mol. The maximum Gasteiger partial charge on any atom is 0.243 e. The van der Waals surface area contributed by atoms with Crippen LogP contribution in [0.25, 0.3) is 0 Å². The molecule has 49 heavy (non-hydrogen) atoms. The van der Waals surface area contributed by atoms with E-state index in [1.807, 2.05) is 58.3 Å². The number of carbonyl (C=O) groups excluding carboxylic acids is 2. The van der Waals surface area contributed by atoms with Gasteiger partial charge in [-0.25, -0.2) is 4.98 Å². The van der Waals surface area contributed by atoms with E-state index in [4.69, 9.17) is 42.4 Å². The number of amides is 2. The van der Waals surface area contributed by atoms with Gasteiger partial charge in [-0.2, -0.15) is 4.98 Å². The molecule has 0 bridgehead atoms. The highest BCUT2D eigenvalue weighted by molar-refractivity contribution is 6.41. The number of halogens is 2.